The van der Waals surface area contributed by atoms with Crippen LogP contribution in [0.3, 0.4) is 0 Å². The average molecular weight is 167 g/mol. The summed E-state index contributed by atoms with van der Waals surface area (Å²) in [6, 6.07) is -0.566. The highest BCUT2D eigenvalue weighted by Crippen LogP contribution is 2.13. The molecule has 1 rings (SSSR count). The third-order valence-corrected chi connectivity index (χ3v) is 1.87. The number of carbonyl (C=O) groups excluding carboxylic acids is 1. The molecule has 1 heterocycles. The Morgan fingerprint density at radius 3 is 2.92 bits per heavy atom. The number of hydrogen-bond acceptors (Lipinski definition) is 2. The Labute approximate surface area is 70.2 Å². The van der Waals surface area contributed by atoms with Crippen LogP contribution in [0.25, 0.3) is 0 Å². The van der Waals surface area contributed by atoms with E-state index >= 15 is 0 Å². The van der Waals surface area contributed by atoms with Crippen LogP contribution in [0.2, 0.25) is 0 Å². The molecule has 0 aromatic heterocycles. The van der Waals surface area contributed by atoms with Crippen molar-refractivity contribution in [1.29, 1.82) is 0 Å². The first-order chi connectivity index (χ1) is 5.65. The van der Waals surface area contributed by atoms with Gasteiger partial charge in [-0.2, -0.15) is 0 Å². The molecule has 1 amide bonds. The zero-order valence-corrected chi connectivity index (χ0v) is 6.49. The number of carboxylic acid groups (broad SMARTS) is 1. The zero-order chi connectivity index (χ0) is 9.14. The van der Waals surface area contributed by atoms with E-state index in [1.807, 2.05) is 0 Å². The summed E-state index contributed by atoms with van der Waals surface area (Å²) in [4.78, 5) is 22.6. The summed E-state index contributed by atoms with van der Waals surface area (Å²) in [5, 5.41) is 8.65. The Kier molecular flexibility index (Phi) is 2.34. The van der Waals surface area contributed by atoms with Crippen LogP contribution in [-0.2, 0) is 4.79 Å². The number of rotatable bonds is 0. The molecule has 64 valence electrons. The number of carbonyl (C=O) groups is 2. The first kappa shape index (κ1) is 8.60. The summed E-state index contributed by atoms with van der Waals surface area (Å²) in [7, 11) is 0. The van der Waals surface area contributed by atoms with Gasteiger partial charge in [0.05, 0.1) is 0 Å². The molecule has 0 aromatic rings. The maximum atomic E-state index is 10.9. The summed E-state index contributed by atoms with van der Waals surface area (Å²) in [5.41, 5.74) is 0. The van der Waals surface area contributed by atoms with Crippen LogP contribution >= 0.6 is 0 Å². The minimum atomic E-state index is -1.05. The lowest BCUT2D eigenvalue weighted by Crippen LogP contribution is -2.44. The number of likely N-dealkylation sites (tertiary alicyclic amines) is 1. The normalized spacial score (nSPS) is 23.4. The number of terminal acetylenes is 1. The van der Waals surface area contributed by atoms with Gasteiger partial charge in [-0.25, -0.2) is 4.79 Å². The fraction of sp³-hybridized carbons (Fsp3) is 0.500. The van der Waals surface area contributed by atoms with Crippen molar-refractivity contribution in [1.82, 2.24) is 4.90 Å². The first-order valence-corrected chi connectivity index (χ1v) is 3.62. The molecule has 0 saturated carbocycles. The van der Waals surface area contributed by atoms with E-state index in [0.717, 1.165) is 4.90 Å². The smallest absolute Gasteiger partial charge is 0.408 e. The monoisotopic (exact) mass is 167 g/mol. The third kappa shape index (κ3) is 1.56. The second kappa shape index (κ2) is 3.26. The predicted molar refractivity (Wildman–Crippen MR) is 41.6 cm³/mol. The second-order valence-electron chi connectivity index (χ2n) is 2.65. The summed E-state index contributed by atoms with van der Waals surface area (Å²) in [5.74, 6) is 2.33. The fourth-order valence-corrected chi connectivity index (χ4v) is 1.21. The fourth-order valence-electron chi connectivity index (χ4n) is 1.21. The number of nitrogens with zero attached hydrogens (tertiary/aromatic N) is 1. The summed E-state index contributed by atoms with van der Waals surface area (Å²) < 4.78 is 0. The van der Waals surface area contributed by atoms with Crippen molar-refractivity contribution in [2.75, 3.05) is 6.54 Å². The molecule has 0 bridgehead atoms. The number of amides is 1. The molecule has 0 aromatic carbocycles. The topological polar surface area (TPSA) is 57.6 Å². The van der Waals surface area contributed by atoms with Crippen molar-refractivity contribution >= 4 is 11.9 Å². The van der Waals surface area contributed by atoms with E-state index in [0.29, 0.717) is 0 Å². The molecule has 0 unspecified atom stereocenters. The molecule has 1 N–H and O–H groups in total. The SMILES string of the molecule is C#C[C@@H]1CC(=O)CCN1C(=O)O. The molecule has 1 saturated heterocycles. The van der Waals surface area contributed by atoms with Gasteiger partial charge in [-0.1, -0.05) is 5.92 Å². The third-order valence-electron chi connectivity index (χ3n) is 1.87. The van der Waals surface area contributed by atoms with Gasteiger partial charge in [-0.3, -0.25) is 9.69 Å². The van der Waals surface area contributed by atoms with E-state index < -0.39 is 12.1 Å². The standard InChI is InChI=1S/C8H9NO3/c1-2-6-5-7(10)3-4-9(6)8(11)12/h1,6H,3-5H2,(H,11,12)/t6-/m1/s1. The number of hydrogen-bond donors (Lipinski definition) is 1. The van der Waals surface area contributed by atoms with E-state index in [1.165, 1.54) is 0 Å². The lowest BCUT2D eigenvalue weighted by Gasteiger charge is -2.28. The minimum Gasteiger partial charge on any atom is -0.465 e. The highest BCUT2D eigenvalue weighted by Gasteiger charge is 2.28. The maximum Gasteiger partial charge on any atom is 0.408 e. The van der Waals surface area contributed by atoms with E-state index in [9.17, 15) is 9.59 Å². The van der Waals surface area contributed by atoms with Gasteiger partial charge in [-0.15, -0.1) is 6.42 Å². The molecule has 0 spiro atoms. The Bertz CT molecular complexity index is 254. The first-order valence-electron chi connectivity index (χ1n) is 3.62. The quantitative estimate of drug-likeness (QED) is 0.529. The Hall–Kier alpha value is -1.50. The Morgan fingerprint density at radius 2 is 2.42 bits per heavy atom. The van der Waals surface area contributed by atoms with Gasteiger partial charge in [0, 0.05) is 19.4 Å². The van der Waals surface area contributed by atoms with Crippen molar-refractivity contribution in [2.45, 2.75) is 18.9 Å². The number of piperidine rings is 1. The summed E-state index contributed by atoms with van der Waals surface area (Å²) >= 11 is 0. The van der Waals surface area contributed by atoms with Crippen molar-refractivity contribution in [3.8, 4) is 12.3 Å². The van der Waals surface area contributed by atoms with Crippen LogP contribution < -0.4 is 0 Å². The molecule has 1 aliphatic rings. The van der Waals surface area contributed by atoms with Crippen LogP contribution in [0.4, 0.5) is 4.79 Å². The van der Waals surface area contributed by atoms with E-state index in [4.69, 9.17) is 11.5 Å². The van der Waals surface area contributed by atoms with Crippen LogP contribution in [0, 0.1) is 12.3 Å². The average Bonchev–Trinajstić information content (AvgIpc) is 2.03. The van der Waals surface area contributed by atoms with Gasteiger partial charge in [0.25, 0.3) is 0 Å². The van der Waals surface area contributed by atoms with Crippen molar-refractivity contribution in [3.05, 3.63) is 0 Å². The van der Waals surface area contributed by atoms with Gasteiger partial charge in [0.15, 0.2) is 0 Å². The van der Waals surface area contributed by atoms with Crippen LogP contribution in [0.1, 0.15) is 12.8 Å². The number of Topliss-reactive ketones (excluding diaryl/α,β-unsaturated/α-hetero) is 1. The largest absolute Gasteiger partial charge is 0.465 e. The molecule has 1 aliphatic heterocycles. The molecule has 4 nitrogen and oxygen atoms in total. The van der Waals surface area contributed by atoms with Gasteiger partial charge in [0.1, 0.15) is 11.8 Å². The molecule has 0 aliphatic carbocycles. The predicted octanol–water partition coefficient (Wildman–Crippen LogP) is 0.331. The Morgan fingerprint density at radius 1 is 1.75 bits per heavy atom. The van der Waals surface area contributed by atoms with Crippen molar-refractivity contribution in [2.24, 2.45) is 0 Å². The van der Waals surface area contributed by atoms with Crippen molar-refractivity contribution in [3.63, 3.8) is 0 Å². The lowest BCUT2D eigenvalue weighted by molar-refractivity contribution is -0.121. The lowest BCUT2D eigenvalue weighted by atomic mass is 10.0. The molecule has 0 radical (unpaired) electrons. The minimum absolute atomic E-state index is 0.0375. The van der Waals surface area contributed by atoms with E-state index in [1.54, 1.807) is 0 Å². The number of ketones is 1. The molecule has 1 atom stereocenters. The zero-order valence-electron chi connectivity index (χ0n) is 6.49. The molecular weight excluding hydrogens is 158 g/mol. The second-order valence-corrected chi connectivity index (χ2v) is 2.65. The summed E-state index contributed by atoms with van der Waals surface area (Å²) in [6.07, 6.45) is 4.47. The van der Waals surface area contributed by atoms with Crippen LogP contribution in [-0.4, -0.2) is 34.5 Å². The highest BCUT2D eigenvalue weighted by molar-refractivity contribution is 5.82. The maximum absolute atomic E-state index is 10.9. The molecule has 1 fully saturated rings. The van der Waals surface area contributed by atoms with Crippen LogP contribution in [0.5, 0.6) is 0 Å². The Balaban J connectivity index is 2.70. The van der Waals surface area contributed by atoms with Crippen LogP contribution in [0.15, 0.2) is 0 Å². The molecule has 4 heteroatoms. The van der Waals surface area contributed by atoms with Gasteiger partial charge < -0.3 is 5.11 Å². The summed E-state index contributed by atoms with van der Waals surface area (Å²) in [6.45, 7) is 0.225. The van der Waals surface area contributed by atoms with Gasteiger partial charge >= 0.3 is 6.09 Å². The van der Waals surface area contributed by atoms with Crippen molar-refractivity contribution < 1.29 is 14.7 Å². The highest BCUT2D eigenvalue weighted by atomic mass is 16.4. The van der Waals surface area contributed by atoms with E-state index in [2.05, 4.69) is 5.92 Å². The van der Waals surface area contributed by atoms with E-state index in [-0.39, 0.29) is 25.2 Å². The van der Waals surface area contributed by atoms with Gasteiger partial charge in [-0.05, 0) is 0 Å². The molecular formula is C8H9NO3. The molecule has 12 heavy (non-hydrogen) atoms. The van der Waals surface area contributed by atoms with Gasteiger partial charge in [0.2, 0.25) is 0 Å².